The highest BCUT2D eigenvalue weighted by atomic mass is 32.1. The van der Waals surface area contributed by atoms with Crippen LogP contribution in [0.25, 0.3) is 10.7 Å². The van der Waals surface area contributed by atoms with Gasteiger partial charge in [0.2, 0.25) is 11.7 Å². The van der Waals surface area contributed by atoms with Crippen LogP contribution in [0.2, 0.25) is 0 Å². The molecule has 104 valence electrons. The number of thiophene rings is 1. The van der Waals surface area contributed by atoms with Gasteiger partial charge in [-0.25, -0.2) is 0 Å². The van der Waals surface area contributed by atoms with Crippen LogP contribution < -0.4 is 0 Å². The summed E-state index contributed by atoms with van der Waals surface area (Å²) in [6.45, 7) is 3.38. The van der Waals surface area contributed by atoms with E-state index in [1.54, 1.807) is 18.3 Å². The number of aryl methyl sites for hydroxylation is 1. The molecule has 1 N–H and O–H groups in total. The first-order chi connectivity index (χ1) is 9.15. The van der Waals surface area contributed by atoms with Gasteiger partial charge in [-0.3, -0.25) is 0 Å². The first kappa shape index (κ1) is 14.2. The SMILES string of the molecule is CC(O)CN(C)CCCc1nc(-c2cccs2)no1. The molecule has 0 aliphatic rings. The van der Waals surface area contributed by atoms with E-state index >= 15 is 0 Å². The predicted molar refractivity (Wildman–Crippen MR) is 75.1 cm³/mol. The molecule has 2 rings (SSSR count). The van der Waals surface area contributed by atoms with Gasteiger partial charge in [-0.2, -0.15) is 4.98 Å². The standard InChI is InChI=1S/C13H19N3O2S/c1-10(17)9-16(2)7-3-6-12-14-13(15-18-12)11-5-4-8-19-11/h4-5,8,10,17H,3,6-7,9H2,1-2H3. The highest BCUT2D eigenvalue weighted by molar-refractivity contribution is 7.13. The third-order valence-electron chi connectivity index (χ3n) is 2.72. The Labute approximate surface area is 116 Å². The van der Waals surface area contributed by atoms with E-state index in [0.717, 1.165) is 24.3 Å². The van der Waals surface area contributed by atoms with Crippen molar-refractivity contribution in [3.8, 4) is 10.7 Å². The van der Waals surface area contributed by atoms with E-state index in [2.05, 4.69) is 15.0 Å². The smallest absolute Gasteiger partial charge is 0.227 e. The van der Waals surface area contributed by atoms with Crippen LogP contribution in [0.4, 0.5) is 0 Å². The quantitative estimate of drug-likeness (QED) is 0.841. The van der Waals surface area contributed by atoms with E-state index in [0.29, 0.717) is 18.3 Å². The third kappa shape index (κ3) is 4.41. The van der Waals surface area contributed by atoms with Crippen molar-refractivity contribution in [3.05, 3.63) is 23.4 Å². The zero-order chi connectivity index (χ0) is 13.7. The normalized spacial score (nSPS) is 13.1. The van der Waals surface area contributed by atoms with Gasteiger partial charge in [0.1, 0.15) is 0 Å². The molecule has 0 aromatic carbocycles. The van der Waals surface area contributed by atoms with E-state index in [-0.39, 0.29) is 6.10 Å². The maximum atomic E-state index is 9.27. The molecule has 0 radical (unpaired) electrons. The van der Waals surface area contributed by atoms with E-state index in [9.17, 15) is 5.11 Å². The van der Waals surface area contributed by atoms with Gasteiger partial charge in [-0.1, -0.05) is 11.2 Å². The van der Waals surface area contributed by atoms with Crippen LogP contribution in [-0.4, -0.2) is 46.4 Å². The molecular formula is C13H19N3O2S. The summed E-state index contributed by atoms with van der Waals surface area (Å²) in [6, 6.07) is 3.96. The topological polar surface area (TPSA) is 62.4 Å². The molecule has 0 spiro atoms. The molecule has 0 bridgehead atoms. The van der Waals surface area contributed by atoms with Crippen molar-refractivity contribution in [1.29, 1.82) is 0 Å². The van der Waals surface area contributed by atoms with Crippen LogP contribution >= 0.6 is 11.3 Å². The molecule has 1 atom stereocenters. The fourth-order valence-corrected chi connectivity index (χ4v) is 2.55. The fraction of sp³-hybridized carbons (Fsp3) is 0.538. The molecule has 0 saturated heterocycles. The van der Waals surface area contributed by atoms with Crippen molar-refractivity contribution < 1.29 is 9.63 Å². The summed E-state index contributed by atoms with van der Waals surface area (Å²) in [4.78, 5) is 7.50. The maximum absolute atomic E-state index is 9.27. The van der Waals surface area contributed by atoms with Crippen molar-refractivity contribution in [3.63, 3.8) is 0 Å². The number of aromatic nitrogens is 2. The molecule has 2 aromatic heterocycles. The van der Waals surface area contributed by atoms with Gasteiger partial charge in [0.05, 0.1) is 11.0 Å². The van der Waals surface area contributed by atoms with Gasteiger partial charge in [0.15, 0.2) is 0 Å². The van der Waals surface area contributed by atoms with Gasteiger partial charge < -0.3 is 14.5 Å². The molecular weight excluding hydrogens is 262 g/mol. The summed E-state index contributed by atoms with van der Waals surface area (Å²) >= 11 is 1.60. The average Bonchev–Trinajstić information content (AvgIpc) is 2.97. The van der Waals surface area contributed by atoms with Crippen molar-refractivity contribution in [2.24, 2.45) is 0 Å². The van der Waals surface area contributed by atoms with Crippen LogP contribution in [0, 0.1) is 0 Å². The van der Waals surface area contributed by atoms with Crippen LogP contribution in [0.1, 0.15) is 19.2 Å². The summed E-state index contributed by atoms with van der Waals surface area (Å²) < 4.78 is 5.23. The lowest BCUT2D eigenvalue weighted by Crippen LogP contribution is -2.28. The molecule has 0 aliphatic heterocycles. The first-order valence-electron chi connectivity index (χ1n) is 6.38. The highest BCUT2D eigenvalue weighted by Gasteiger charge is 2.09. The average molecular weight is 281 g/mol. The molecule has 0 amide bonds. The molecule has 5 nitrogen and oxygen atoms in total. The lowest BCUT2D eigenvalue weighted by atomic mass is 10.3. The summed E-state index contributed by atoms with van der Waals surface area (Å²) in [6.07, 6.45) is 1.41. The minimum atomic E-state index is -0.293. The predicted octanol–water partition coefficient (Wildman–Crippen LogP) is 2.04. The number of aliphatic hydroxyl groups is 1. The van der Waals surface area contributed by atoms with Crippen LogP contribution in [0.15, 0.2) is 22.0 Å². The van der Waals surface area contributed by atoms with E-state index < -0.39 is 0 Å². The molecule has 0 aliphatic carbocycles. The number of likely N-dealkylation sites (N-methyl/N-ethyl adjacent to an activating group) is 1. The zero-order valence-electron chi connectivity index (χ0n) is 11.2. The van der Waals surface area contributed by atoms with Crippen molar-refractivity contribution in [2.75, 3.05) is 20.1 Å². The van der Waals surface area contributed by atoms with E-state index in [1.165, 1.54) is 0 Å². The third-order valence-corrected chi connectivity index (χ3v) is 3.58. The lowest BCUT2D eigenvalue weighted by molar-refractivity contribution is 0.140. The van der Waals surface area contributed by atoms with Crippen LogP contribution in [0.5, 0.6) is 0 Å². The highest BCUT2D eigenvalue weighted by Crippen LogP contribution is 2.21. The van der Waals surface area contributed by atoms with Crippen molar-refractivity contribution in [1.82, 2.24) is 15.0 Å². The fourth-order valence-electron chi connectivity index (χ4n) is 1.90. The Morgan fingerprint density at radius 3 is 3.05 bits per heavy atom. The van der Waals surface area contributed by atoms with Crippen molar-refractivity contribution in [2.45, 2.75) is 25.9 Å². The van der Waals surface area contributed by atoms with Crippen LogP contribution in [0.3, 0.4) is 0 Å². The van der Waals surface area contributed by atoms with Gasteiger partial charge in [0, 0.05) is 13.0 Å². The second-order valence-electron chi connectivity index (χ2n) is 4.70. The largest absolute Gasteiger partial charge is 0.392 e. The Balaban J connectivity index is 1.78. The number of aliphatic hydroxyl groups excluding tert-OH is 1. The molecule has 2 heterocycles. The Hall–Kier alpha value is -1.24. The molecule has 19 heavy (non-hydrogen) atoms. The zero-order valence-corrected chi connectivity index (χ0v) is 12.1. The molecule has 0 fully saturated rings. The summed E-state index contributed by atoms with van der Waals surface area (Å²) in [7, 11) is 2.00. The second kappa shape index (κ2) is 6.79. The monoisotopic (exact) mass is 281 g/mol. The summed E-state index contributed by atoms with van der Waals surface area (Å²) in [5, 5.41) is 15.2. The Morgan fingerprint density at radius 1 is 1.53 bits per heavy atom. The molecule has 1 unspecified atom stereocenters. The van der Waals surface area contributed by atoms with E-state index in [4.69, 9.17) is 4.52 Å². The number of rotatable bonds is 7. The molecule has 6 heteroatoms. The lowest BCUT2D eigenvalue weighted by Gasteiger charge is -2.17. The first-order valence-corrected chi connectivity index (χ1v) is 7.26. The Morgan fingerprint density at radius 2 is 2.37 bits per heavy atom. The Kier molecular flexibility index (Phi) is 5.07. The van der Waals surface area contributed by atoms with E-state index in [1.807, 2.05) is 24.6 Å². The second-order valence-corrected chi connectivity index (χ2v) is 5.65. The van der Waals surface area contributed by atoms with Gasteiger partial charge >= 0.3 is 0 Å². The number of nitrogens with zero attached hydrogens (tertiary/aromatic N) is 3. The van der Waals surface area contributed by atoms with Gasteiger partial charge in [-0.05, 0) is 38.4 Å². The number of hydrogen-bond donors (Lipinski definition) is 1. The van der Waals surface area contributed by atoms with Gasteiger partial charge in [0.25, 0.3) is 0 Å². The minimum absolute atomic E-state index is 0.293. The van der Waals surface area contributed by atoms with Crippen molar-refractivity contribution >= 4 is 11.3 Å². The van der Waals surface area contributed by atoms with Crippen LogP contribution in [-0.2, 0) is 6.42 Å². The van der Waals surface area contributed by atoms with Gasteiger partial charge in [-0.15, -0.1) is 11.3 Å². The molecule has 0 saturated carbocycles. The minimum Gasteiger partial charge on any atom is -0.392 e. The summed E-state index contributed by atoms with van der Waals surface area (Å²) in [5.41, 5.74) is 0. The molecule has 2 aromatic rings. The Bertz CT molecular complexity index is 482. The maximum Gasteiger partial charge on any atom is 0.227 e. The summed E-state index contributed by atoms with van der Waals surface area (Å²) in [5.74, 6) is 1.34. The number of hydrogen-bond acceptors (Lipinski definition) is 6.